The first-order chi connectivity index (χ1) is 13.7. The fourth-order valence-electron chi connectivity index (χ4n) is 2.40. The molecule has 0 saturated carbocycles. The third-order valence-corrected chi connectivity index (χ3v) is 4.72. The van der Waals surface area contributed by atoms with Gasteiger partial charge in [0, 0.05) is 30.7 Å². The van der Waals surface area contributed by atoms with Crippen LogP contribution in [0.4, 0.5) is 5.69 Å². The minimum Gasteiger partial charge on any atom is -0.421 e. The number of amides is 1. The van der Waals surface area contributed by atoms with Gasteiger partial charge in [-0.1, -0.05) is 58.0 Å². The average molecular weight is 490 g/mol. The van der Waals surface area contributed by atoms with Crippen LogP contribution in [0.1, 0.15) is 20.7 Å². The van der Waals surface area contributed by atoms with Gasteiger partial charge in [-0.2, -0.15) is 0 Å². The van der Waals surface area contributed by atoms with E-state index in [4.69, 9.17) is 62.7 Å². The molecular weight excluding hydrogens is 479 g/mol. The van der Waals surface area contributed by atoms with Gasteiger partial charge in [-0.25, -0.2) is 4.79 Å². The molecule has 0 aliphatic heterocycles. The second-order valence-electron chi connectivity index (χ2n) is 5.80. The van der Waals surface area contributed by atoms with Crippen molar-refractivity contribution in [3.8, 4) is 5.75 Å². The van der Waals surface area contributed by atoms with Gasteiger partial charge >= 0.3 is 5.97 Å². The second kappa shape index (κ2) is 9.24. The van der Waals surface area contributed by atoms with E-state index in [9.17, 15) is 9.59 Å². The van der Waals surface area contributed by atoms with Crippen molar-refractivity contribution in [3.63, 3.8) is 0 Å². The van der Waals surface area contributed by atoms with Gasteiger partial charge in [0.25, 0.3) is 5.91 Å². The van der Waals surface area contributed by atoms with Crippen molar-refractivity contribution in [2.45, 2.75) is 0 Å². The molecule has 148 valence electrons. The summed E-state index contributed by atoms with van der Waals surface area (Å²) < 4.78 is 5.40. The number of halogens is 5. The van der Waals surface area contributed by atoms with Gasteiger partial charge in [-0.05, 0) is 54.6 Å². The Hall–Kier alpha value is -1.95. The predicted molar refractivity (Wildman–Crippen MR) is 117 cm³/mol. The first kappa shape index (κ1) is 21.8. The van der Waals surface area contributed by atoms with Gasteiger partial charge in [0.2, 0.25) is 0 Å². The lowest BCUT2D eigenvalue weighted by atomic mass is 10.2. The van der Waals surface area contributed by atoms with Crippen molar-refractivity contribution >= 4 is 75.6 Å². The molecule has 0 aliphatic carbocycles. The third-order valence-electron chi connectivity index (χ3n) is 3.62. The van der Waals surface area contributed by atoms with Crippen LogP contribution in [0.25, 0.3) is 0 Å². The minimum absolute atomic E-state index is 0.0805. The van der Waals surface area contributed by atoms with Crippen molar-refractivity contribution in [2.75, 3.05) is 5.32 Å². The number of carbonyl (C=O) groups excluding carboxylic acids is 2. The van der Waals surface area contributed by atoms with Gasteiger partial charge < -0.3 is 10.1 Å². The molecule has 4 nitrogen and oxygen atoms in total. The number of anilines is 1. The molecule has 0 fully saturated rings. The van der Waals surface area contributed by atoms with Crippen LogP contribution >= 0.6 is 58.0 Å². The van der Waals surface area contributed by atoms with Gasteiger partial charge in [-0.15, -0.1) is 0 Å². The quantitative estimate of drug-likeness (QED) is 0.306. The summed E-state index contributed by atoms with van der Waals surface area (Å²) >= 11 is 29.7. The number of nitrogens with one attached hydrogen (secondary N) is 1. The third kappa shape index (κ3) is 5.78. The van der Waals surface area contributed by atoms with Crippen LogP contribution in [-0.2, 0) is 0 Å². The van der Waals surface area contributed by atoms with Crippen molar-refractivity contribution in [1.82, 2.24) is 0 Å². The molecule has 29 heavy (non-hydrogen) atoms. The molecular formula is C20H10Cl5NO3. The summed E-state index contributed by atoms with van der Waals surface area (Å²) in [6.07, 6.45) is 0. The number of rotatable bonds is 4. The van der Waals surface area contributed by atoms with Crippen LogP contribution in [0, 0.1) is 0 Å². The van der Waals surface area contributed by atoms with E-state index in [1.54, 1.807) is 0 Å². The normalized spacial score (nSPS) is 10.5. The molecule has 0 spiro atoms. The van der Waals surface area contributed by atoms with Gasteiger partial charge in [-0.3, -0.25) is 4.79 Å². The van der Waals surface area contributed by atoms with E-state index in [2.05, 4.69) is 5.32 Å². The highest BCUT2D eigenvalue weighted by Gasteiger charge is 2.16. The highest BCUT2D eigenvalue weighted by molar-refractivity contribution is 6.36. The second-order valence-corrected chi connectivity index (χ2v) is 7.98. The zero-order valence-corrected chi connectivity index (χ0v) is 18.1. The minimum atomic E-state index is -0.710. The van der Waals surface area contributed by atoms with E-state index in [0.29, 0.717) is 15.1 Å². The Morgan fingerprint density at radius 1 is 0.655 bits per heavy atom. The molecule has 0 unspecified atom stereocenters. The number of hydrogen-bond donors (Lipinski definition) is 1. The van der Waals surface area contributed by atoms with Crippen molar-refractivity contribution in [3.05, 3.63) is 90.8 Å². The number of carbonyl (C=O) groups is 2. The summed E-state index contributed by atoms with van der Waals surface area (Å²) in [6, 6.07) is 13.1. The van der Waals surface area contributed by atoms with Crippen LogP contribution in [0.3, 0.4) is 0 Å². The highest BCUT2D eigenvalue weighted by atomic mass is 35.5. The molecule has 0 atom stereocenters. The summed E-state index contributed by atoms with van der Waals surface area (Å²) in [5.74, 6) is -1.14. The lowest BCUT2D eigenvalue weighted by molar-refractivity contribution is 0.0734. The van der Waals surface area contributed by atoms with Crippen LogP contribution in [0.2, 0.25) is 25.1 Å². The summed E-state index contributed by atoms with van der Waals surface area (Å²) in [5.41, 5.74) is 0.554. The fourth-order valence-corrected chi connectivity index (χ4v) is 3.62. The van der Waals surface area contributed by atoms with E-state index >= 15 is 0 Å². The van der Waals surface area contributed by atoms with Gasteiger partial charge in [0.15, 0.2) is 5.75 Å². The van der Waals surface area contributed by atoms with E-state index in [1.165, 1.54) is 54.6 Å². The molecule has 0 aliphatic rings. The largest absolute Gasteiger partial charge is 0.421 e. The Morgan fingerprint density at radius 2 is 1.17 bits per heavy atom. The molecule has 3 rings (SSSR count). The van der Waals surface area contributed by atoms with Crippen molar-refractivity contribution < 1.29 is 14.3 Å². The van der Waals surface area contributed by atoms with Crippen molar-refractivity contribution in [2.24, 2.45) is 0 Å². The van der Waals surface area contributed by atoms with E-state index in [-0.39, 0.29) is 32.6 Å². The summed E-state index contributed by atoms with van der Waals surface area (Å²) in [4.78, 5) is 25.1. The average Bonchev–Trinajstić information content (AvgIpc) is 2.62. The molecule has 3 aromatic carbocycles. The number of ether oxygens (including phenoxy) is 1. The van der Waals surface area contributed by atoms with Crippen LogP contribution in [0.5, 0.6) is 5.75 Å². The summed E-state index contributed by atoms with van der Waals surface area (Å²) in [5, 5.41) is 4.14. The standard InChI is InChI=1S/C20H10Cl5NO3/c21-12-1-2-18(29-20(28)11-5-15(24)8-16(25)6-11)17(9-12)26-19(27)10-3-13(22)7-14(23)4-10/h1-9H,(H,26,27). The zero-order chi connectivity index (χ0) is 21.1. The molecule has 0 bridgehead atoms. The molecule has 0 aromatic heterocycles. The number of benzene rings is 3. The number of hydrogen-bond acceptors (Lipinski definition) is 3. The Balaban J connectivity index is 1.87. The maximum atomic E-state index is 12.6. The van der Waals surface area contributed by atoms with Gasteiger partial charge in [0.1, 0.15) is 0 Å². The van der Waals surface area contributed by atoms with E-state index in [1.807, 2.05) is 0 Å². The molecule has 0 saturated heterocycles. The fraction of sp³-hybridized carbons (Fsp3) is 0. The Bertz CT molecular complexity index is 1080. The molecule has 0 heterocycles. The smallest absolute Gasteiger partial charge is 0.343 e. The Kier molecular flexibility index (Phi) is 6.93. The highest BCUT2D eigenvalue weighted by Crippen LogP contribution is 2.30. The van der Waals surface area contributed by atoms with Crippen LogP contribution in [0.15, 0.2) is 54.6 Å². The molecule has 3 aromatic rings. The van der Waals surface area contributed by atoms with Crippen LogP contribution in [-0.4, -0.2) is 11.9 Å². The lowest BCUT2D eigenvalue weighted by Crippen LogP contribution is -2.15. The summed E-state index contributed by atoms with van der Waals surface area (Å²) in [7, 11) is 0. The molecule has 9 heteroatoms. The zero-order valence-electron chi connectivity index (χ0n) is 14.3. The molecule has 1 N–H and O–H groups in total. The lowest BCUT2D eigenvalue weighted by Gasteiger charge is -2.12. The van der Waals surface area contributed by atoms with E-state index in [0.717, 1.165) is 0 Å². The topological polar surface area (TPSA) is 55.4 Å². The monoisotopic (exact) mass is 487 g/mol. The SMILES string of the molecule is O=C(Nc1cc(Cl)ccc1OC(=O)c1cc(Cl)cc(Cl)c1)c1cc(Cl)cc(Cl)c1. The predicted octanol–water partition coefficient (Wildman–Crippen LogP) is 7.43. The maximum absolute atomic E-state index is 12.6. The van der Waals surface area contributed by atoms with E-state index < -0.39 is 11.9 Å². The number of esters is 1. The molecule has 0 radical (unpaired) electrons. The summed E-state index contributed by atoms with van der Waals surface area (Å²) in [6.45, 7) is 0. The van der Waals surface area contributed by atoms with Crippen LogP contribution < -0.4 is 10.1 Å². The first-order valence-corrected chi connectivity index (χ1v) is 9.85. The first-order valence-electron chi connectivity index (χ1n) is 7.96. The maximum Gasteiger partial charge on any atom is 0.343 e. The Morgan fingerprint density at radius 3 is 1.72 bits per heavy atom. The van der Waals surface area contributed by atoms with Crippen molar-refractivity contribution in [1.29, 1.82) is 0 Å². The van der Waals surface area contributed by atoms with Gasteiger partial charge in [0.05, 0.1) is 11.3 Å². The Labute approximate surface area is 191 Å². The molecule has 1 amide bonds.